The summed E-state index contributed by atoms with van der Waals surface area (Å²) in [5.74, 6) is -6.54. The van der Waals surface area contributed by atoms with Crippen molar-refractivity contribution in [2.24, 2.45) is 17.6 Å². The maximum absolute atomic E-state index is 13.7. The Labute approximate surface area is 202 Å². The van der Waals surface area contributed by atoms with Gasteiger partial charge in [-0.15, -0.1) is 12.4 Å². The molecule has 0 heterocycles. The van der Waals surface area contributed by atoms with Gasteiger partial charge in [-0.2, -0.15) is 0 Å². The topological polar surface area (TPSA) is 165 Å². The number of carbonyl (C=O) groups excluding carboxylic acids is 3. The summed E-state index contributed by atoms with van der Waals surface area (Å²) in [6.45, 7) is 0. The van der Waals surface area contributed by atoms with E-state index in [4.69, 9.17) is 5.73 Å². The van der Waals surface area contributed by atoms with Crippen LogP contribution < -0.4 is 10.6 Å². The number of benzene rings is 1. The van der Waals surface area contributed by atoms with E-state index in [1.807, 2.05) is 19.0 Å². The molecule has 0 aromatic heterocycles. The molecule has 184 valence electrons. The monoisotopic (exact) mass is 493 g/mol. The van der Waals surface area contributed by atoms with Crippen molar-refractivity contribution in [3.05, 3.63) is 40.2 Å². The highest BCUT2D eigenvalue weighted by molar-refractivity contribution is 6.24. The number of fused-ring (bicyclic) bond motifs is 3. The molecule has 3 aliphatic rings. The molecule has 3 aliphatic carbocycles. The number of rotatable bonds is 3. The first-order valence-electron chi connectivity index (χ1n) is 10.5. The highest BCUT2D eigenvalue weighted by atomic mass is 35.5. The largest absolute Gasteiger partial charge is 0.508 e. The number of primary amides is 1. The first kappa shape index (κ1) is 25.5. The molecule has 4 atom stereocenters. The summed E-state index contributed by atoms with van der Waals surface area (Å²) in [5.41, 5.74) is 3.15. The zero-order chi connectivity index (χ0) is 24.6. The van der Waals surface area contributed by atoms with Crippen molar-refractivity contribution in [2.75, 3.05) is 33.1 Å². The van der Waals surface area contributed by atoms with Crippen LogP contribution in [0.1, 0.15) is 17.5 Å². The van der Waals surface area contributed by atoms with Gasteiger partial charge in [-0.25, -0.2) is 0 Å². The maximum Gasteiger partial charge on any atom is 0.255 e. The molecular formula is C23H28ClN3O7. The Balaban J connectivity index is 0.00000324. The number of nitrogens with zero attached hydrogens (tertiary/aromatic N) is 2. The van der Waals surface area contributed by atoms with E-state index in [0.29, 0.717) is 5.56 Å². The SMILES string of the molecule is CN(C)c1ccc(O)c2c1C[C@H]1C[C@H]3[C@@H](N(C)C)C(=O)C(C(N)=O)=C(O)[C@@]3(O)C(=O)C1=C2O.Cl. The number of hydrogen-bond acceptors (Lipinski definition) is 9. The summed E-state index contributed by atoms with van der Waals surface area (Å²) >= 11 is 0. The Morgan fingerprint density at radius 2 is 1.74 bits per heavy atom. The third-order valence-electron chi connectivity index (χ3n) is 7.06. The number of hydrogen-bond donors (Lipinski definition) is 5. The van der Waals surface area contributed by atoms with Crippen LogP contribution in [-0.4, -0.2) is 82.6 Å². The Hall–Kier alpha value is -3.08. The van der Waals surface area contributed by atoms with Gasteiger partial charge in [0, 0.05) is 31.3 Å². The summed E-state index contributed by atoms with van der Waals surface area (Å²) < 4.78 is 0. The number of phenols is 1. The molecule has 0 aliphatic heterocycles. The van der Waals surface area contributed by atoms with E-state index in [0.717, 1.165) is 5.69 Å². The van der Waals surface area contributed by atoms with Crippen molar-refractivity contribution in [2.45, 2.75) is 24.5 Å². The van der Waals surface area contributed by atoms with E-state index in [1.54, 1.807) is 20.2 Å². The Kier molecular flexibility index (Phi) is 6.23. The predicted octanol–water partition coefficient (Wildman–Crippen LogP) is 0.452. The minimum Gasteiger partial charge on any atom is -0.508 e. The molecule has 1 fully saturated rings. The number of halogens is 1. The number of anilines is 1. The van der Waals surface area contributed by atoms with E-state index < -0.39 is 58.0 Å². The standard InChI is InChI=1S/C23H27N3O7.ClH/c1-25(2)12-5-6-13(27)15-10(12)7-9-8-11-17(26(3)4)19(29)16(22(24)32)21(31)23(11,33)20(30)14(9)18(15)28;/h5-6,9,11,17,27-28,31,33H,7-8H2,1-4H3,(H2,24,32);1H/t9-,11-,17+,23-;/m0./s1. The first-order valence-corrected chi connectivity index (χ1v) is 10.5. The molecule has 1 aromatic carbocycles. The number of carbonyl (C=O) groups is 3. The van der Waals surface area contributed by atoms with Crippen LogP contribution in [0.15, 0.2) is 29.0 Å². The molecule has 0 unspecified atom stereocenters. The van der Waals surface area contributed by atoms with E-state index in [9.17, 15) is 34.8 Å². The zero-order valence-corrected chi connectivity index (χ0v) is 20.0. The molecule has 0 saturated heterocycles. The summed E-state index contributed by atoms with van der Waals surface area (Å²) in [6.07, 6.45) is 0.324. The number of ketones is 2. The molecule has 0 bridgehead atoms. The fourth-order valence-electron chi connectivity index (χ4n) is 5.65. The van der Waals surface area contributed by atoms with Crippen LogP contribution >= 0.6 is 12.4 Å². The van der Waals surface area contributed by atoms with Gasteiger partial charge in [0.05, 0.1) is 11.6 Å². The quantitative estimate of drug-likeness (QED) is 0.376. The van der Waals surface area contributed by atoms with E-state index >= 15 is 0 Å². The number of phenolic OH excluding ortho intramolecular Hbond substituents is 1. The van der Waals surface area contributed by atoms with Gasteiger partial charge in [-0.05, 0) is 50.6 Å². The van der Waals surface area contributed by atoms with Crippen molar-refractivity contribution >= 4 is 41.3 Å². The number of aliphatic hydroxyl groups is 3. The molecule has 1 amide bonds. The summed E-state index contributed by atoms with van der Waals surface area (Å²) in [7, 11) is 6.75. The molecule has 34 heavy (non-hydrogen) atoms. The van der Waals surface area contributed by atoms with Gasteiger partial charge >= 0.3 is 0 Å². The lowest BCUT2D eigenvalue weighted by Crippen LogP contribution is -2.65. The average molecular weight is 494 g/mol. The van der Waals surface area contributed by atoms with Crippen LogP contribution in [-0.2, 0) is 20.8 Å². The summed E-state index contributed by atoms with van der Waals surface area (Å²) in [5, 5.41) is 43.9. The van der Waals surface area contributed by atoms with Crippen LogP contribution in [0.25, 0.3) is 5.76 Å². The maximum atomic E-state index is 13.7. The molecule has 11 heteroatoms. The van der Waals surface area contributed by atoms with Crippen LogP contribution in [0.4, 0.5) is 5.69 Å². The molecular weight excluding hydrogens is 466 g/mol. The minimum atomic E-state index is -2.63. The molecule has 0 spiro atoms. The first-order chi connectivity index (χ1) is 15.3. The van der Waals surface area contributed by atoms with Crippen molar-refractivity contribution in [3.8, 4) is 5.75 Å². The Morgan fingerprint density at radius 3 is 2.26 bits per heavy atom. The van der Waals surface area contributed by atoms with Gasteiger partial charge in [0.1, 0.15) is 22.8 Å². The Bertz CT molecular complexity index is 1170. The zero-order valence-electron chi connectivity index (χ0n) is 19.2. The highest BCUT2D eigenvalue weighted by Gasteiger charge is 2.64. The number of nitrogens with two attached hydrogens (primary N) is 1. The second-order valence-electron chi connectivity index (χ2n) is 9.31. The van der Waals surface area contributed by atoms with Gasteiger partial charge < -0.3 is 31.1 Å². The number of aromatic hydroxyl groups is 1. The molecule has 0 radical (unpaired) electrons. The molecule has 10 nitrogen and oxygen atoms in total. The smallest absolute Gasteiger partial charge is 0.255 e. The van der Waals surface area contributed by atoms with Gasteiger partial charge in [0.2, 0.25) is 5.78 Å². The van der Waals surface area contributed by atoms with Crippen molar-refractivity contribution < 1.29 is 34.8 Å². The molecule has 1 saturated carbocycles. The van der Waals surface area contributed by atoms with Gasteiger partial charge in [0.25, 0.3) is 5.91 Å². The summed E-state index contributed by atoms with van der Waals surface area (Å²) in [4.78, 5) is 42.0. The second kappa shape index (κ2) is 8.30. The molecule has 4 rings (SSSR count). The third kappa shape index (κ3) is 3.20. The van der Waals surface area contributed by atoms with E-state index in [1.165, 1.54) is 11.0 Å². The Morgan fingerprint density at radius 1 is 1.12 bits per heavy atom. The number of likely N-dealkylation sites (N-methyl/N-ethyl adjacent to an activating group) is 1. The fourth-order valence-corrected chi connectivity index (χ4v) is 5.65. The minimum absolute atomic E-state index is 0. The van der Waals surface area contributed by atoms with Crippen molar-refractivity contribution in [3.63, 3.8) is 0 Å². The van der Waals surface area contributed by atoms with Gasteiger partial charge in [-0.3, -0.25) is 19.3 Å². The molecule has 1 aromatic rings. The van der Waals surface area contributed by atoms with Crippen LogP contribution in [0.3, 0.4) is 0 Å². The number of Topliss-reactive ketones (excluding diaryl/α,β-unsaturated/α-hetero) is 2. The van der Waals surface area contributed by atoms with Gasteiger partial charge in [0.15, 0.2) is 11.4 Å². The second-order valence-corrected chi connectivity index (χ2v) is 9.31. The fraction of sp³-hybridized carbons (Fsp3) is 0.435. The lowest BCUT2D eigenvalue weighted by molar-refractivity contribution is -0.153. The lowest BCUT2D eigenvalue weighted by atomic mass is 9.57. The third-order valence-corrected chi connectivity index (χ3v) is 7.06. The van der Waals surface area contributed by atoms with Crippen LogP contribution in [0.2, 0.25) is 0 Å². The highest BCUT2D eigenvalue weighted by Crippen LogP contribution is 2.53. The van der Waals surface area contributed by atoms with Crippen molar-refractivity contribution in [1.82, 2.24) is 4.90 Å². The normalized spacial score (nSPS) is 28.2. The van der Waals surface area contributed by atoms with Crippen LogP contribution in [0, 0.1) is 11.8 Å². The molecule has 6 N–H and O–H groups in total. The lowest BCUT2D eigenvalue weighted by Gasteiger charge is -2.50. The van der Waals surface area contributed by atoms with E-state index in [2.05, 4.69) is 0 Å². The predicted molar refractivity (Wildman–Crippen MR) is 126 cm³/mol. The average Bonchev–Trinajstić information content (AvgIpc) is 2.70. The number of amides is 1. The van der Waals surface area contributed by atoms with Crippen molar-refractivity contribution in [1.29, 1.82) is 0 Å². The number of aliphatic hydroxyl groups excluding tert-OH is 2. The summed E-state index contributed by atoms with van der Waals surface area (Å²) in [6, 6.07) is 2.01. The van der Waals surface area contributed by atoms with E-state index in [-0.39, 0.29) is 42.1 Å². The van der Waals surface area contributed by atoms with Gasteiger partial charge in [-0.1, -0.05) is 0 Å². The van der Waals surface area contributed by atoms with Crippen LogP contribution in [0.5, 0.6) is 5.75 Å².